The highest BCUT2D eigenvalue weighted by atomic mass is 35.5. The van der Waals surface area contributed by atoms with Gasteiger partial charge in [-0.15, -0.1) is 0 Å². The molecule has 0 aromatic heterocycles. The molecule has 0 radical (unpaired) electrons. The highest BCUT2D eigenvalue weighted by Crippen LogP contribution is 2.39. The lowest BCUT2D eigenvalue weighted by Crippen LogP contribution is -2.24. The summed E-state index contributed by atoms with van der Waals surface area (Å²) in [5.74, 6) is 0.487. The first-order valence-electron chi connectivity index (χ1n) is 8.37. The molecule has 0 saturated carbocycles. The van der Waals surface area contributed by atoms with Crippen LogP contribution in [0, 0.1) is 6.92 Å². The van der Waals surface area contributed by atoms with E-state index in [0.717, 1.165) is 12.1 Å². The van der Waals surface area contributed by atoms with Gasteiger partial charge in [0, 0.05) is 20.5 Å². The van der Waals surface area contributed by atoms with E-state index in [0.29, 0.717) is 27.8 Å². The normalized spacial score (nSPS) is 10.8. The van der Waals surface area contributed by atoms with Gasteiger partial charge in [-0.2, -0.15) is 0 Å². The molecule has 26 heavy (non-hydrogen) atoms. The number of benzene rings is 2. The molecule has 0 atom stereocenters. The van der Waals surface area contributed by atoms with Crippen molar-refractivity contribution in [2.45, 2.75) is 20.8 Å². The first-order chi connectivity index (χ1) is 12.4. The van der Waals surface area contributed by atoms with Gasteiger partial charge in [0.2, 0.25) is 5.91 Å². The van der Waals surface area contributed by atoms with E-state index in [-0.39, 0.29) is 5.91 Å². The van der Waals surface area contributed by atoms with Gasteiger partial charge in [0.05, 0.1) is 35.5 Å². The predicted molar refractivity (Wildman–Crippen MR) is 108 cm³/mol. The molecule has 2 rings (SSSR count). The minimum absolute atomic E-state index is 0.129. The van der Waals surface area contributed by atoms with Crippen LogP contribution < -0.4 is 9.64 Å². The largest absolute Gasteiger partial charge is 0.495 e. The molecule has 0 heterocycles. The molecule has 1 amide bonds. The van der Waals surface area contributed by atoms with Gasteiger partial charge in [-0.1, -0.05) is 23.7 Å². The van der Waals surface area contributed by atoms with E-state index >= 15 is 0 Å². The monoisotopic (exact) mass is 373 g/mol. The summed E-state index contributed by atoms with van der Waals surface area (Å²) in [6.45, 7) is 6.34. The van der Waals surface area contributed by atoms with Crippen molar-refractivity contribution in [1.82, 2.24) is 4.90 Å². The van der Waals surface area contributed by atoms with E-state index in [2.05, 4.69) is 4.99 Å². The van der Waals surface area contributed by atoms with Crippen molar-refractivity contribution < 1.29 is 9.53 Å². The van der Waals surface area contributed by atoms with Gasteiger partial charge in [0.1, 0.15) is 5.75 Å². The Balaban J connectivity index is 2.52. The fraction of sp³-hybridized carbons (Fsp3) is 0.300. The topological polar surface area (TPSA) is 45.1 Å². The number of carbonyl (C=O) groups is 1. The van der Waals surface area contributed by atoms with Crippen LogP contribution >= 0.6 is 11.6 Å². The fourth-order valence-corrected chi connectivity index (χ4v) is 2.73. The van der Waals surface area contributed by atoms with Gasteiger partial charge in [0.15, 0.2) is 0 Å². The molecule has 0 bridgehead atoms. The molecular formula is C20H24ClN3O2. The molecule has 5 nitrogen and oxygen atoms in total. The lowest BCUT2D eigenvalue weighted by molar-refractivity contribution is -0.115. The van der Waals surface area contributed by atoms with E-state index in [9.17, 15) is 4.79 Å². The number of aliphatic imine (C=N–C) groups is 1. The number of hydrogen-bond donors (Lipinski definition) is 0. The second-order valence-electron chi connectivity index (χ2n) is 5.93. The maximum atomic E-state index is 12.4. The zero-order chi connectivity index (χ0) is 19.3. The molecule has 2 aromatic carbocycles. The van der Waals surface area contributed by atoms with Gasteiger partial charge in [-0.3, -0.25) is 9.69 Å². The summed E-state index contributed by atoms with van der Waals surface area (Å²) >= 11 is 6.44. The van der Waals surface area contributed by atoms with Crippen LogP contribution in [0.5, 0.6) is 5.75 Å². The zero-order valence-electron chi connectivity index (χ0n) is 15.8. The summed E-state index contributed by atoms with van der Waals surface area (Å²) in [6.07, 6.45) is 1.74. The Labute approximate surface area is 159 Å². The number of ether oxygens (including phenoxy) is 1. The van der Waals surface area contributed by atoms with Crippen molar-refractivity contribution in [3.63, 3.8) is 0 Å². The smallest absolute Gasteiger partial charge is 0.228 e. The van der Waals surface area contributed by atoms with Gasteiger partial charge in [-0.25, -0.2) is 4.99 Å². The number of hydrogen-bond acceptors (Lipinski definition) is 3. The lowest BCUT2D eigenvalue weighted by atomic mass is 10.1. The highest BCUT2D eigenvalue weighted by Gasteiger charge is 2.21. The average Bonchev–Trinajstić information content (AvgIpc) is 2.63. The third-order valence-corrected chi connectivity index (χ3v) is 4.34. The van der Waals surface area contributed by atoms with E-state index < -0.39 is 0 Å². The number of para-hydroxylation sites is 2. The fourth-order valence-electron chi connectivity index (χ4n) is 2.52. The Kier molecular flexibility index (Phi) is 6.64. The first-order valence-corrected chi connectivity index (χ1v) is 8.75. The molecule has 0 aliphatic rings. The Hall–Kier alpha value is -2.53. The second-order valence-corrected chi connectivity index (χ2v) is 6.34. The molecule has 0 unspecified atom stereocenters. The third-order valence-electron chi connectivity index (χ3n) is 4.04. The standard InChI is InChI=1S/C20H24ClN3O2/c1-6-23(4)13-22-17-11-14(2)19(12-16(17)21)24(15(3)25)18-9-7-8-10-20(18)26-5/h7-13H,6H2,1-5H3. The molecule has 6 heteroatoms. The average molecular weight is 374 g/mol. The summed E-state index contributed by atoms with van der Waals surface area (Å²) in [6, 6.07) is 11.0. The third kappa shape index (κ3) is 4.35. The van der Waals surface area contributed by atoms with E-state index in [1.807, 2.05) is 56.1 Å². The maximum absolute atomic E-state index is 12.4. The molecular weight excluding hydrogens is 350 g/mol. The Morgan fingerprint density at radius 1 is 1.27 bits per heavy atom. The van der Waals surface area contributed by atoms with Crippen LogP contribution in [-0.2, 0) is 4.79 Å². The number of amides is 1. The Morgan fingerprint density at radius 3 is 2.58 bits per heavy atom. The minimum atomic E-state index is -0.129. The number of anilines is 2. The summed E-state index contributed by atoms with van der Waals surface area (Å²) in [7, 11) is 3.52. The van der Waals surface area contributed by atoms with Gasteiger partial charge < -0.3 is 9.64 Å². The molecule has 0 fully saturated rings. The number of aryl methyl sites for hydroxylation is 1. The second kappa shape index (κ2) is 8.72. The van der Waals surface area contributed by atoms with Gasteiger partial charge >= 0.3 is 0 Å². The predicted octanol–water partition coefficient (Wildman–Crippen LogP) is 4.95. The Bertz CT molecular complexity index is 821. The van der Waals surface area contributed by atoms with E-state index in [4.69, 9.17) is 16.3 Å². The van der Waals surface area contributed by atoms with Crippen LogP contribution in [0.2, 0.25) is 5.02 Å². The lowest BCUT2D eigenvalue weighted by Gasteiger charge is -2.25. The van der Waals surface area contributed by atoms with Crippen LogP contribution in [0.25, 0.3) is 0 Å². The summed E-state index contributed by atoms with van der Waals surface area (Å²) in [5, 5.41) is 0.479. The molecule has 0 N–H and O–H groups in total. The maximum Gasteiger partial charge on any atom is 0.228 e. The quantitative estimate of drug-likeness (QED) is 0.531. The van der Waals surface area contributed by atoms with Gasteiger partial charge in [-0.05, 0) is 43.7 Å². The molecule has 0 saturated heterocycles. The van der Waals surface area contributed by atoms with Crippen LogP contribution in [0.4, 0.5) is 17.1 Å². The molecule has 138 valence electrons. The first kappa shape index (κ1) is 19.8. The van der Waals surface area contributed by atoms with E-state index in [1.54, 1.807) is 24.4 Å². The van der Waals surface area contributed by atoms with Crippen molar-refractivity contribution in [2.24, 2.45) is 4.99 Å². The summed E-state index contributed by atoms with van der Waals surface area (Å²) in [5.41, 5.74) is 2.93. The SMILES string of the molecule is CCN(C)C=Nc1cc(C)c(N(C(C)=O)c2ccccc2OC)cc1Cl. The zero-order valence-corrected chi connectivity index (χ0v) is 16.5. The number of methoxy groups -OCH3 is 1. The van der Waals surface area contributed by atoms with Gasteiger partial charge in [0.25, 0.3) is 0 Å². The van der Waals surface area contributed by atoms with Crippen molar-refractivity contribution in [3.8, 4) is 5.75 Å². The summed E-state index contributed by atoms with van der Waals surface area (Å²) in [4.78, 5) is 20.4. The summed E-state index contributed by atoms with van der Waals surface area (Å²) < 4.78 is 5.41. The molecule has 0 aliphatic heterocycles. The van der Waals surface area contributed by atoms with Crippen LogP contribution in [-0.4, -0.2) is 37.8 Å². The Morgan fingerprint density at radius 2 is 1.96 bits per heavy atom. The van der Waals surface area contributed by atoms with Crippen molar-refractivity contribution in [1.29, 1.82) is 0 Å². The minimum Gasteiger partial charge on any atom is -0.495 e. The van der Waals surface area contributed by atoms with Crippen LogP contribution in [0.1, 0.15) is 19.4 Å². The molecule has 2 aromatic rings. The molecule has 0 aliphatic carbocycles. The van der Waals surface area contributed by atoms with Crippen LogP contribution in [0.15, 0.2) is 41.4 Å². The number of rotatable bonds is 6. The van der Waals surface area contributed by atoms with E-state index in [1.165, 1.54) is 6.92 Å². The number of carbonyl (C=O) groups excluding carboxylic acids is 1. The highest BCUT2D eigenvalue weighted by molar-refractivity contribution is 6.33. The van der Waals surface area contributed by atoms with Crippen molar-refractivity contribution in [3.05, 3.63) is 47.0 Å². The molecule has 0 spiro atoms. The number of halogens is 1. The number of nitrogens with zero attached hydrogens (tertiary/aromatic N) is 3. The van der Waals surface area contributed by atoms with Crippen LogP contribution in [0.3, 0.4) is 0 Å². The van der Waals surface area contributed by atoms with Crippen molar-refractivity contribution in [2.75, 3.05) is 25.6 Å². The van der Waals surface area contributed by atoms with Crippen molar-refractivity contribution >= 4 is 40.9 Å².